The molecule has 0 spiro atoms. The highest BCUT2D eigenvalue weighted by molar-refractivity contribution is 6.02. The largest absolute Gasteiger partial charge is 0.328 e. The third-order valence-corrected chi connectivity index (χ3v) is 2.73. The van der Waals surface area contributed by atoms with E-state index >= 15 is 0 Å². The second-order valence-electron chi connectivity index (χ2n) is 3.95. The minimum atomic E-state index is -0.332. The first-order valence-electron chi connectivity index (χ1n) is 5.36. The SMILES string of the molecule is CC1CCC(=O)N1C(=O)Nc1ccccc1. The van der Waals surface area contributed by atoms with Crippen LogP contribution in [0.4, 0.5) is 10.5 Å². The molecule has 84 valence electrons. The van der Waals surface area contributed by atoms with Crippen LogP contribution in [0.15, 0.2) is 30.3 Å². The zero-order valence-electron chi connectivity index (χ0n) is 9.14. The zero-order valence-corrected chi connectivity index (χ0v) is 9.14. The Labute approximate surface area is 94.2 Å². The van der Waals surface area contributed by atoms with E-state index in [2.05, 4.69) is 5.32 Å². The van der Waals surface area contributed by atoms with Crippen molar-refractivity contribution in [3.8, 4) is 0 Å². The maximum atomic E-state index is 11.8. The van der Waals surface area contributed by atoms with Gasteiger partial charge in [0.2, 0.25) is 5.91 Å². The lowest BCUT2D eigenvalue weighted by molar-refractivity contribution is -0.125. The van der Waals surface area contributed by atoms with Crippen LogP contribution in [0.25, 0.3) is 0 Å². The first kappa shape index (κ1) is 10.7. The molecule has 1 N–H and O–H groups in total. The highest BCUT2D eigenvalue weighted by Crippen LogP contribution is 2.19. The van der Waals surface area contributed by atoms with E-state index in [0.29, 0.717) is 12.1 Å². The molecule has 1 unspecified atom stereocenters. The highest BCUT2D eigenvalue weighted by atomic mass is 16.2. The van der Waals surface area contributed by atoms with Crippen LogP contribution >= 0.6 is 0 Å². The summed E-state index contributed by atoms with van der Waals surface area (Å²) in [6.07, 6.45) is 1.21. The van der Waals surface area contributed by atoms with Crippen LogP contribution in [0.5, 0.6) is 0 Å². The van der Waals surface area contributed by atoms with Crippen molar-refractivity contribution < 1.29 is 9.59 Å². The van der Waals surface area contributed by atoms with Crippen molar-refractivity contribution in [2.75, 3.05) is 5.32 Å². The monoisotopic (exact) mass is 218 g/mol. The number of nitrogens with zero attached hydrogens (tertiary/aromatic N) is 1. The Balaban J connectivity index is 2.06. The average Bonchev–Trinajstić information content (AvgIpc) is 2.60. The molecule has 0 saturated carbocycles. The maximum Gasteiger partial charge on any atom is 0.328 e. The van der Waals surface area contributed by atoms with Gasteiger partial charge in [0.1, 0.15) is 0 Å². The van der Waals surface area contributed by atoms with Gasteiger partial charge in [-0.3, -0.25) is 9.69 Å². The molecule has 16 heavy (non-hydrogen) atoms. The molecular formula is C12H14N2O2. The maximum absolute atomic E-state index is 11.8. The van der Waals surface area contributed by atoms with Crippen molar-refractivity contribution >= 4 is 17.6 Å². The summed E-state index contributed by atoms with van der Waals surface area (Å²) in [5.74, 6) is -0.0964. The molecule has 1 atom stereocenters. The quantitative estimate of drug-likeness (QED) is 0.785. The van der Waals surface area contributed by atoms with Gasteiger partial charge in [-0.2, -0.15) is 0 Å². The van der Waals surface area contributed by atoms with Crippen molar-refractivity contribution in [2.24, 2.45) is 0 Å². The first-order valence-corrected chi connectivity index (χ1v) is 5.36. The van der Waals surface area contributed by atoms with Crippen LogP contribution in [-0.4, -0.2) is 22.9 Å². The van der Waals surface area contributed by atoms with E-state index in [1.165, 1.54) is 4.90 Å². The molecule has 1 aliphatic rings. The number of benzene rings is 1. The van der Waals surface area contributed by atoms with Gasteiger partial charge < -0.3 is 5.32 Å². The van der Waals surface area contributed by atoms with E-state index in [1.807, 2.05) is 25.1 Å². The van der Waals surface area contributed by atoms with E-state index in [-0.39, 0.29) is 18.0 Å². The fourth-order valence-electron chi connectivity index (χ4n) is 1.85. The van der Waals surface area contributed by atoms with Gasteiger partial charge in [0, 0.05) is 18.2 Å². The number of amides is 3. The molecule has 3 amide bonds. The van der Waals surface area contributed by atoms with Crippen molar-refractivity contribution in [3.05, 3.63) is 30.3 Å². The van der Waals surface area contributed by atoms with Gasteiger partial charge >= 0.3 is 6.03 Å². The normalized spacial score (nSPS) is 19.9. The van der Waals surface area contributed by atoms with E-state index in [1.54, 1.807) is 12.1 Å². The van der Waals surface area contributed by atoms with Gasteiger partial charge in [0.15, 0.2) is 0 Å². The van der Waals surface area contributed by atoms with E-state index < -0.39 is 0 Å². The molecule has 1 aromatic carbocycles. The van der Waals surface area contributed by atoms with Crippen molar-refractivity contribution in [1.29, 1.82) is 0 Å². The number of imide groups is 1. The van der Waals surface area contributed by atoms with Crippen LogP contribution in [-0.2, 0) is 4.79 Å². The number of rotatable bonds is 1. The second-order valence-corrected chi connectivity index (χ2v) is 3.95. The molecule has 0 bridgehead atoms. The lowest BCUT2D eigenvalue weighted by atomic mass is 10.2. The van der Waals surface area contributed by atoms with Crippen LogP contribution in [0.3, 0.4) is 0 Å². The van der Waals surface area contributed by atoms with E-state index in [4.69, 9.17) is 0 Å². The van der Waals surface area contributed by atoms with Crippen molar-refractivity contribution in [2.45, 2.75) is 25.8 Å². The van der Waals surface area contributed by atoms with Crippen LogP contribution < -0.4 is 5.32 Å². The smallest absolute Gasteiger partial charge is 0.307 e. The number of para-hydroxylation sites is 1. The molecule has 4 heteroatoms. The minimum Gasteiger partial charge on any atom is -0.307 e. The van der Waals surface area contributed by atoms with Crippen LogP contribution in [0, 0.1) is 0 Å². The first-order chi connectivity index (χ1) is 7.68. The van der Waals surface area contributed by atoms with Crippen molar-refractivity contribution in [1.82, 2.24) is 4.90 Å². The topological polar surface area (TPSA) is 49.4 Å². The molecule has 0 aliphatic carbocycles. The highest BCUT2D eigenvalue weighted by Gasteiger charge is 2.32. The fourth-order valence-corrected chi connectivity index (χ4v) is 1.85. The molecular weight excluding hydrogens is 204 g/mol. The summed E-state index contributed by atoms with van der Waals surface area (Å²) >= 11 is 0. The lowest BCUT2D eigenvalue weighted by Crippen LogP contribution is -2.40. The predicted molar refractivity (Wildman–Crippen MR) is 61.0 cm³/mol. The summed E-state index contributed by atoms with van der Waals surface area (Å²) in [6, 6.07) is 8.80. The average molecular weight is 218 g/mol. The summed E-state index contributed by atoms with van der Waals surface area (Å²) in [7, 11) is 0. The van der Waals surface area contributed by atoms with Gasteiger partial charge in [-0.1, -0.05) is 18.2 Å². The fraction of sp³-hybridized carbons (Fsp3) is 0.333. The van der Waals surface area contributed by atoms with Gasteiger partial charge in [0.05, 0.1) is 0 Å². The zero-order chi connectivity index (χ0) is 11.5. The predicted octanol–water partition coefficient (Wildman–Crippen LogP) is 2.23. The van der Waals surface area contributed by atoms with Crippen molar-refractivity contribution in [3.63, 3.8) is 0 Å². The molecule has 1 heterocycles. The number of hydrogen-bond acceptors (Lipinski definition) is 2. The molecule has 1 saturated heterocycles. The standard InChI is InChI=1S/C12H14N2O2/c1-9-7-8-11(15)14(9)12(16)13-10-5-3-2-4-6-10/h2-6,9H,7-8H2,1H3,(H,13,16). The summed E-state index contributed by atoms with van der Waals surface area (Å²) in [5, 5.41) is 2.71. The van der Waals surface area contributed by atoms with E-state index in [0.717, 1.165) is 6.42 Å². The lowest BCUT2D eigenvalue weighted by Gasteiger charge is -2.19. The Bertz CT molecular complexity index is 403. The van der Waals surface area contributed by atoms with Crippen LogP contribution in [0.1, 0.15) is 19.8 Å². The number of urea groups is 1. The number of hydrogen-bond donors (Lipinski definition) is 1. The molecule has 1 aromatic rings. The van der Waals surface area contributed by atoms with E-state index in [9.17, 15) is 9.59 Å². The number of anilines is 1. The van der Waals surface area contributed by atoms with Gasteiger partial charge in [-0.15, -0.1) is 0 Å². The summed E-state index contributed by atoms with van der Waals surface area (Å²) in [6.45, 7) is 1.88. The Kier molecular flexibility index (Phi) is 2.90. The molecule has 2 rings (SSSR count). The Morgan fingerprint density at radius 3 is 2.62 bits per heavy atom. The molecule has 0 aromatic heterocycles. The Morgan fingerprint density at radius 2 is 2.06 bits per heavy atom. The number of carbonyl (C=O) groups is 2. The minimum absolute atomic E-state index is 0.00351. The van der Waals surface area contributed by atoms with Gasteiger partial charge in [-0.05, 0) is 25.5 Å². The summed E-state index contributed by atoms with van der Waals surface area (Å²) in [5.41, 5.74) is 0.708. The number of carbonyl (C=O) groups excluding carboxylic acids is 2. The Morgan fingerprint density at radius 1 is 1.38 bits per heavy atom. The number of nitrogens with one attached hydrogen (secondary N) is 1. The third-order valence-electron chi connectivity index (χ3n) is 2.73. The summed E-state index contributed by atoms with van der Waals surface area (Å²) in [4.78, 5) is 24.6. The molecule has 4 nitrogen and oxygen atoms in total. The second kappa shape index (κ2) is 4.35. The molecule has 1 fully saturated rings. The van der Waals surface area contributed by atoms with Gasteiger partial charge in [-0.25, -0.2) is 4.79 Å². The summed E-state index contributed by atoms with van der Waals surface area (Å²) < 4.78 is 0. The Hall–Kier alpha value is -1.84. The number of likely N-dealkylation sites (tertiary alicyclic amines) is 1. The van der Waals surface area contributed by atoms with Gasteiger partial charge in [0.25, 0.3) is 0 Å². The third kappa shape index (κ3) is 2.05. The molecule has 0 radical (unpaired) electrons. The molecule has 1 aliphatic heterocycles. The van der Waals surface area contributed by atoms with Crippen LogP contribution in [0.2, 0.25) is 0 Å².